The van der Waals surface area contributed by atoms with Crippen LogP contribution in [0.1, 0.15) is 61.1 Å². The molecule has 2 N–H and O–H groups in total. The molecular formula is C24H31NO. The minimum atomic E-state index is 0.147. The molecule has 2 aromatic rings. The smallest absolute Gasteiger partial charge is 0.0867 e. The number of fused-ring (bicyclic) bond motifs is 2. The van der Waals surface area contributed by atoms with E-state index in [1.54, 1.807) is 5.56 Å². The fraction of sp³-hybridized carbons (Fsp3) is 0.500. The van der Waals surface area contributed by atoms with Gasteiger partial charge in [-0.2, -0.15) is 0 Å². The molecule has 0 aromatic heterocycles. The van der Waals surface area contributed by atoms with E-state index in [2.05, 4.69) is 51.1 Å². The Bertz CT molecular complexity index is 814. The number of aryl methyl sites for hydroxylation is 1. The SMILES string of the molecule is COC1c2cc3c(c(-c4ccc(C(C)(C)C)cc4)c2CC1CN)CCC3. The predicted octanol–water partition coefficient (Wildman–Crippen LogP) is 4.96. The van der Waals surface area contributed by atoms with Gasteiger partial charge in [0.1, 0.15) is 0 Å². The van der Waals surface area contributed by atoms with Gasteiger partial charge in [0.05, 0.1) is 6.10 Å². The third-order valence-electron chi connectivity index (χ3n) is 6.34. The molecule has 4 rings (SSSR count). The van der Waals surface area contributed by atoms with Gasteiger partial charge in [-0.1, -0.05) is 51.1 Å². The maximum Gasteiger partial charge on any atom is 0.0867 e. The fourth-order valence-corrected chi connectivity index (χ4v) is 4.92. The maximum atomic E-state index is 6.08. The molecule has 0 heterocycles. The van der Waals surface area contributed by atoms with Crippen LogP contribution in [0, 0.1) is 5.92 Å². The molecular weight excluding hydrogens is 318 g/mol. The Labute approximate surface area is 157 Å². The van der Waals surface area contributed by atoms with E-state index in [1.807, 2.05) is 7.11 Å². The van der Waals surface area contributed by atoms with Crippen molar-refractivity contribution in [2.45, 2.75) is 58.0 Å². The van der Waals surface area contributed by atoms with Crippen molar-refractivity contribution in [2.24, 2.45) is 11.7 Å². The Hall–Kier alpha value is -1.64. The molecule has 2 heteroatoms. The van der Waals surface area contributed by atoms with Crippen LogP contribution in [0.15, 0.2) is 30.3 Å². The summed E-state index contributed by atoms with van der Waals surface area (Å²) in [6.07, 6.45) is 4.84. The molecule has 0 bridgehead atoms. The fourth-order valence-electron chi connectivity index (χ4n) is 4.92. The average Bonchev–Trinajstić information content (AvgIpc) is 3.22. The second-order valence-electron chi connectivity index (χ2n) is 8.99. The average molecular weight is 350 g/mol. The van der Waals surface area contributed by atoms with Crippen molar-refractivity contribution >= 4 is 0 Å². The van der Waals surface area contributed by atoms with Crippen molar-refractivity contribution < 1.29 is 4.74 Å². The summed E-state index contributed by atoms with van der Waals surface area (Å²) < 4.78 is 5.88. The van der Waals surface area contributed by atoms with Crippen molar-refractivity contribution in [1.82, 2.24) is 0 Å². The maximum absolute atomic E-state index is 6.08. The topological polar surface area (TPSA) is 35.2 Å². The van der Waals surface area contributed by atoms with Crippen molar-refractivity contribution in [3.8, 4) is 11.1 Å². The molecule has 2 atom stereocenters. The zero-order chi connectivity index (χ0) is 18.5. The predicted molar refractivity (Wildman–Crippen MR) is 109 cm³/mol. The number of benzene rings is 2. The summed E-state index contributed by atoms with van der Waals surface area (Å²) in [6, 6.07) is 11.7. The van der Waals surface area contributed by atoms with Crippen molar-refractivity contribution in [2.75, 3.05) is 13.7 Å². The highest BCUT2D eigenvalue weighted by Crippen LogP contribution is 2.47. The van der Waals surface area contributed by atoms with Crippen LogP contribution < -0.4 is 5.73 Å². The van der Waals surface area contributed by atoms with Crippen molar-refractivity contribution in [3.05, 3.63) is 58.1 Å². The lowest BCUT2D eigenvalue weighted by molar-refractivity contribution is 0.0658. The number of rotatable bonds is 3. The molecule has 2 aromatic carbocycles. The lowest BCUT2D eigenvalue weighted by atomic mass is 9.84. The van der Waals surface area contributed by atoms with Gasteiger partial charge in [-0.15, -0.1) is 0 Å². The van der Waals surface area contributed by atoms with Gasteiger partial charge in [0.15, 0.2) is 0 Å². The molecule has 2 nitrogen and oxygen atoms in total. The lowest BCUT2D eigenvalue weighted by Gasteiger charge is -2.21. The minimum absolute atomic E-state index is 0.147. The van der Waals surface area contributed by atoms with E-state index in [0.717, 1.165) is 6.42 Å². The first-order valence-corrected chi connectivity index (χ1v) is 9.95. The van der Waals surface area contributed by atoms with E-state index in [0.29, 0.717) is 12.5 Å². The number of ether oxygens (including phenoxy) is 1. The Kier molecular flexibility index (Phi) is 4.45. The van der Waals surface area contributed by atoms with E-state index in [4.69, 9.17) is 10.5 Å². The first-order chi connectivity index (χ1) is 12.4. The number of hydrogen-bond acceptors (Lipinski definition) is 2. The van der Waals surface area contributed by atoms with E-state index < -0.39 is 0 Å². The molecule has 2 aliphatic carbocycles. The molecule has 26 heavy (non-hydrogen) atoms. The normalized spacial score (nSPS) is 21.7. The zero-order valence-corrected chi connectivity index (χ0v) is 16.6. The van der Waals surface area contributed by atoms with Crippen LogP contribution in [0.3, 0.4) is 0 Å². The largest absolute Gasteiger partial charge is 0.376 e. The van der Waals surface area contributed by atoms with Gasteiger partial charge in [-0.3, -0.25) is 0 Å². The first-order valence-electron chi connectivity index (χ1n) is 9.95. The van der Waals surface area contributed by atoms with Crippen molar-refractivity contribution in [3.63, 3.8) is 0 Å². The van der Waals surface area contributed by atoms with E-state index >= 15 is 0 Å². The van der Waals surface area contributed by atoms with Gasteiger partial charge < -0.3 is 10.5 Å². The molecule has 0 saturated carbocycles. The van der Waals surface area contributed by atoms with Gasteiger partial charge in [-0.25, -0.2) is 0 Å². The molecule has 2 unspecified atom stereocenters. The second-order valence-corrected chi connectivity index (χ2v) is 8.99. The van der Waals surface area contributed by atoms with Crippen LogP contribution in [0.5, 0.6) is 0 Å². The van der Waals surface area contributed by atoms with E-state index in [9.17, 15) is 0 Å². The Morgan fingerprint density at radius 3 is 2.42 bits per heavy atom. The summed E-state index contributed by atoms with van der Waals surface area (Å²) >= 11 is 0. The number of nitrogens with two attached hydrogens (primary N) is 1. The third kappa shape index (κ3) is 2.80. The molecule has 0 fully saturated rings. The third-order valence-corrected chi connectivity index (χ3v) is 6.34. The van der Waals surface area contributed by atoms with Crippen LogP contribution >= 0.6 is 0 Å². The number of hydrogen-bond donors (Lipinski definition) is 1. The zero-order valence-electron chi connectivity index (χ0n) is 16.6. The first kappa shape index (κ1) is 17.8. The van der Waals surface area contributed by atoms with Gasteiger partial charge in [0.2, 0.25) is 0 Å². The van der Waals surface area contributed by atoms with Crippen LogP contribution in [0.4, 0.5) is 0 Å². The summed E-state index contributed by atoms with van der Waals surface area (Å²) in [5.74, 6) is 0.394. The monoisotopic (exact) mass is 349 g/mol. The summed E-state index contributed by atoms with van der Waals surface area (Å²) in [5.41, 5.74) is 16.5. The van der Waals surface area contributed by atoms with Crippen LogP contribution in [0.25, 0.3) is 11.1 Å². The van der Waals surface area contributed by atoms with Crippen LogP contribution in [-0.2, 0) is 29.4 Å². The van der Waals surface area contributed by atoms with Gasteiger partial charge >= 0.3 is 0 Å². The number of methoxy groups -OCH3 is 1. The molecule has 0 aliphatic heterocycles. The van der Waals surface area contributed by atoms with Crippen LogP contribution in [0.2, 0.25) is 0 Å². The molecule has 0 radical (unpaired) electrons. The van der Waals surface area contributed by atoms with Gasteiger partial charge in [0.25, 0.3) is 0 Å². The van der Waals surface area contributed by atoms with E-state index in [1.165, 1.54) is 52.6 Å². The molecule has 0 spiro atoms. The second kappa shape index (κ2) is 6.51. The summed E-state index contributed by atoms with van der Waals surface area (Å²) in [5, 5.41) is 0. The molecule has 138 valence electrons. The van der Waals surface area contributed by atoms with Gasteiger partial charge in [0, 0.05) is 13.0 Å². The summed E-state index contributed by atoms with van der Waals surface area (Å²) in [6.45, 7) is 7.50. The quantitative estimate of drug-likeness (QED) is 0.850. The highest BCUT2D eigenvalue weighted by atomic mass is 16.5. The minimum Gasteiger partial charge on any atom is -0.376 e. The Morgan fingerprint density at radius 2 is 1.81 bits per heavy atom. The highest BCUT2D eigenvalue weighted by molar-refractivity contribution is 5.76. The Morgan fingerprint density at radius 1 is 1.08 bits per heavy atom. The summed E-state index contributed by atoms with van der Waals surface area (Å²) in [4.78, 5) is 0. The molecule has 0 amide bonds. The lowest BCUT2D eigenvalue weighted by Crippen LogP contribution is -2.19. The standard InChI is InChI=1S/C24H31NO/c1-24(2,3)18-10-8-15(9-11-18)22-19-7-5-6-16(19)12-21-20(22)13-17(14-25)23(21)26-4/h8-12,17,23H,5-7,13-14,25H2,1-4H3. The summed E-state index contributed by atoms with van der Waals surface area (Å²) in [7, 11) is 1.83. The molecule has 0 saturated heterocycles. The Balaban J connectivity index is 1.87. The highest BCUT2D eigenvalue weighted by Gasteiger charge is 2.36. The van der Waals surface area contributed by atoms with Gasteiger partial charge in [-0.05, 0) is 76.6 Å². The molecule has 2 aliphatic rings. The van der Waals surface area contributed by atoms with Crippen LogP contribution in [-0.4, -0.2) is 13.7 Å². The van der Waals surface area contributed by atoms with Crippen molar-refractivity contribution in [1.29, 1.82) is 0 Å². The van der Waals surface area contributed by atoms with E-state index in [-0.39, 0.29) is 11.5 Å².